The van der Waals surface area contributed by atoms with Crippen molar-refractivity contribution in [1.29, 1.82) is 0 Å². The minimum atomic E-state index is -0.740. The third-order valence-corrected chi connectivity index (χ3v) is 2.36. The number of halogens is 1. The lowest BCUT2D eigenvalue weighted by molar-refractivity contribution is 0.0611. The molecule has 0 radical (unpaired) electrons. The van der Waals surface area contributed by atoms with Crippen LogP contribution in [0.25, 0.3) is 0 Å². The zero-order valence-corrected chi connectivity index (χ0v) is 10.4. The highest BCUT2D eigenvalue weighted by Crippen LogP contribution is 2.18. The number of hydrogen-bond acceptors (Lipinski definition) is 2. The topological polar surface area (TPSA) is 33.2 Å². The van der Waals surface area contributed by atoms with Gasteiger partial charge < -0.3 is 4.90 Å². The summed E-state index contributed by atoms with van der Waals surface area (Å²) in [6.07, 6.45) is 2.94. The van der Waals surface area contributed by atoms with Crippen molar-refractivity contribution >= 4 is 5.91 Å². The molecule has 0 aliphatic rings. The molecule has 3 nitrogen and oxygen atoms in total. The Morgan fingerprint density at radius 3 is 2.71 bits per heavy atom. The van der Waals surface area contributed by atoms with E-state index in [1.165, 1.54) is 12.3 Å². The second kappa shape index (κ2) is 5.08. The average Bonchev–Trinajstić information content (AvgIpc) is 2.24. The minimum Gasteiger partial charge on any atom is -0.330 e. The number of rotatable bonds is 3. The molecule has 92 valence electrons. The van der Waals surface area contributed by atoms with E-state index >= 15 is 0 Å². The fourth-order valence-electron chi connectivity index (χ4n) is 1.48. The molecule has 0 unspecified atom stereocenters. The Bertz CT molecular complexity index is 424. The Morgan fingerprint density at radius 1 is 1.59 bits per heavy atom. The van der Waals surface area contributed by atoms with Gasteiger partial charge in [0.05, 0.1) is 5.56 Å². The average molecular weight is 236 g/mol. The van der Waals surface area contributed by atoms with Crippen molar-refractivity contribution in [3.63, 3.8) is 0 Å². The van der Waals surface area contributed by atoms with E-state index in [1.54, 1.807) is 17.0 Å². The molecule has 0 aliphatic heterocycles. The zero-order chi connectivity index (χ0) is 13.1. The first kappa shape index (κ1) is 13.4. The molecule has 1 amide bonds. The lowest BCUT2D eigenvalue weighted by atomic mass is 10.0. The van der Waals surface area contributed by atoms with Crippen molar-refractivity contribution in [2.75, 3.05) is 6.54 Å². The molecule has 0 fully saturated rings. The molecule has 1 aromatic heterocycles. The van der Waals surface area contributed by atoms with Gasteiger partial charge in [-0.25, -0.2) is 4.98 Å². The highest BCUT2D eigenvalue weighted by molar-refractivity contribution is 5.94. The number of pyridine rings is 1. The number of aromatic nitrogens is 1. The Kier molecular flexibility index (Phi) is 3.99. The van der Waals surface area contributed by atoms with Gasteiger partial charge in [0, 0.05) is 18.3 Å². The third-order valence-electron chi connectivity index (χ3n) is 2.36. The van der Waals surface area contributed by atoms with Gasteiger partial charge in [-0.1, -0.05) is 6.08 Å². The molecule has 0 aromatic carbocycles. The molecule has 0 saturated heterocycles. The summed E-state index contributed by atoms with van der Waals surface area (Å²) in [5, 5.41) is 0. The van der Waals surface area contributed by atoms with Gasteiger partial charge in [0.2, 0.25) is 5.95 Å². The monoisotopic (exact) mass is 236 g/mol. The fraction of sp³-hybridized carbons (Fsp3) is 0.385. The second-order valence-corrected chi connectivity index (χ2v) is 4.72. The van der Waals surface area contributed by atoms with E-state index in [2.05, 4.69) is 11.6 Å². The summed E-state index contributed by atoms with van der Waals surface area (Å²) in [5.74, 6) is -1.11. The molecule has 0 atom stereocenters. The van der Waals surface area contributed by atoms with Crippen LogP contribution in [0.3, 0.4) is 0 Å². The van der Waals surface area contributed by atoms with Crippen LogP contribution in [0.1, 0.15) is 31.1 Å². The first-order chi connectivity index (χ1) is 7.88. The lowest BCUT2D eigenvalue weighted by Gasteiger charge is -2.34. The summed E-state index contributed by atoms with van der Waals surface area (Å²) >= 11 is 0. The van der Waals surface area contributed by atoms with Gasteiger partial charge in [-0.15, -0.1) is 6.58 Å². The van der Waals surface area contributed by atoms with Crippen LogP contribution in [0.5, 0.6) is 0 Å². The Labute approximate surface area is 101 Å². The summed E-state index contributed by atoms with van der Waals surface area (Å²) in [6.45, 7) is 9.66. The van der Waals surface area contributed by atoms with Crippen LogP contribution in [0.4, 0.5) is 4.39 Å². The highest BCUT2D eigenvalue weighted by Gasteiger charge is 2.28. The molecule has 0 bridgehead atoms. The van der Waals surface area contributed by atoms with Gasteiger partial charge in [0.15, 0.2) is 0 Å². The molecule has 0 saturated carbocycles. The van der Waals surface area contributed by atoms with Crippen molar-refractivity contribution in [2.45, 2.75) is 26.3 Å². The van der Waals surface area contributed by atoms with Crippen molar-refractivity contribution in [1.82, 2.24) is 9.88 Å². The summed E-state index contributed by atoms with van der Waals surface area (Å²) < 4.78 is 13.4. The van der Waals surface area contributed by atoms with E-state index in [0.717, 1.165) is 0 Å². The first-order valence-electron chi connectivity index (χ1n) is 5.41. The summed E-state index contributed by atoms with van der Waals surface area (Å²) in [7, 11) is 0. The Balaban J connectivity index is 3.09. The number of amides is 1. The van der Waals surface area contributed by atoms with Crippen molar-refractivity contribution in [3.8, 4) is 0 Å². The van der Waals surface area contributed by atoms with Crippen LogP contribution in [-0.2, 0) is 0 Å². The van der Waals surface area contributed by atoms with Crippen molar-refractivity contribution in [3.05, 3.63) is 42.5 Å². The van der Waals surface area contributed by atoms with Gasteiger partial charge in [0.1, 0.15) is 0 Å². The summed E-state index contributed by atoms with van der Waals surface area (Å²) in [4.78, 5) is 17.2. The lowest BCUT2D eigenvalue weighted by Crippen LogP contribution is -2.46. The summed E-state index contributed by atoms with van der Waals surface area (Å²) in [6, 6.07) is 2.98. The molecule has 0 spiro atoms. The molecular formula is C13H17FN2O. The van der Waals surface area contributed by atoms with Gasteiger partial charge in [-0.05, 0) is 32.9 Å². The smallest absolute Gasteiger partial charge is 0.259 e. The SMILES string of the molecule is C=CCN(C(=O)c1cccnc1F)C(C)(C)C. The number of hydrogen-bond donors (Lipinski definition) is 0. The molecule has 17 heavy (non-hydrogen) atoms. The molecule has 0 N–H and O–H groups in total. The van der Waals surface area contributed by atoms with E-state index in [0.29, 0.717) is 6.54 Å². The van der Waals surface area contributed by atoms with Crippen LogP contribution >= 0.6 is 0 Å². The molecule has 1 aromatic rings. The maximum Gasteiger partial charge on any atom is 0.259 e. The van der Waals surface area contributed by atoms with E-state index in [4.69, 9.17) is 0 Å². The fourth-order valence-corrected chi connectivity index (χ4v) is 1.48. The number of nitrogens with zero attached hydrogens (tertiary/aromatic N) is 2. The van der Waals surface area contributed by atoms with Gasteiger partial charge in [-0.2, -0.15) is 4.39 Å². The quantitative estimate of drug-likeness (QED) is 0.597. The highest BCUT2D eigenvalue weighted by atomic mass is 19.1. The van der Waals surface area contributed by atoms with Crippen LogP contribution in [0, 0.1) is 5.95 Å². The van der Waals surface area contributed by atoms with E-state index in [9.17, 15) is 9.18 Å². The van der Waals surface area contributed by atoms with Gasteiger partial charge in [-0.3, -0.25) is 4.79 Å². The van der Waals surface area contributed by atoms with E-state index < -0.39 is 11.5 Å². The van der Waals surface area contributed by atoms with Gasteiger partial charge in [0.25, 0.3) is 5.91 Å². The predicted molar refractivity (Wildman–Crippen MR) is 65.2 cm³/mol. The van der Waals surface area contributed by atoms with Crippen molar-refractivity contribution in [2.24, 2.45) is 0 Å². The molecule has 1 rings (SSSR count). The number of carbonyl (C=O) groups is 1. The minimum absolute atomic E-state index is 0.00993. The maximum absolute atomic E-state index is 13.4. The van der Waals surface area contributed by atoms with E-state index in [-0.39, 0.29) is 11.5 Å². The standard InChI is InChI=1S/C13H17FN2O/c1-5-9-16(13(2,3)4)12(17)10-7-6-8-15-11(10)14/h5-8H,1,9H2,2-4H3. The maximum atomic E-state index is 13.4. The zero-order valence-electron chi connectivity index (χ0n) is 10.4. The molecular weight excluding hydrogens is 219 g/mol. The normalized spacial score (nSPS) is 11.1. The summed E-state index contributed by atoms with van der Waals surface area (Å²) in [5.41, 5.74) is -0.405. The van der Waals surface area contributed by atoms with Crippen LogP contribution in [0.2, 0.25) is 0 Å². The molecule has 1 heterocycles. The van der Waals surface area contributed by atoms with Crippen molar-refractivity contribution < 1.29 is 9.18 Å². The Hall–Kier alpha value is -1.71. The van der Waals surface area contributed by atoms with E-state index in [1.807, 2.05) is 20.8 Å². The molecule has 4 heteroatoms. The second-order valence-electron chi connectivity index (χ2n) is 4.72. The third kappa shape index (κ3) is 3.12. The van der Waals surface area contributed by atoms with Crippen LogP contribution in [-0.4, -0.2) is 27.9 Å². The largest absolute Gasteiger partial charge is 0.330 e. The van der Waals surface area contributed by atoms with Gasteiger partial charge >= 0.3 is 0 Å². The number of carbonyl (C=O) groups excluding carboxylic acids is 1. The van der Waals surface area contributed by atoms with Crippen LogP contribution in [0.15, 0.2) is 31.0 Å². The Morgan fingerprint density at radius 2 is 2.24 bits per heavy atom. The molecule has 0 aliphatic carbocycles. The predicted octanol–water partition coefficient (Wildman–Crippen LogP) is 2.65. The van der Waals surface area contributed by atoms with Crippen LogP contribution < -0.4 is 0 Å². The first-order valence-corrected chi connectivity index (χ1v) is 5.41.